The molecule has 1 saturated carbocycles. The summed E-state index contributed by atoms with van der Waals surface area (Å²) in [5.41, 5.74) is 0. The van der Waals surface area contributed by atoms with Gasteiger partial charge in [-0.3, -0.25) is 0 Å². The molecule has 0 N–H and O–H groups in total. The van der Waals surface area contributed by atoms with Crippen LogP contribution >= 0.6 is 0 Å². The second-order valence-corrected chi connectivity index (χ2v) is 3.24. The van der Waals surface area contributed by atoms with Crippen LogP contribution in [0.15, 0.2) is 0 Å². The molecule has 0 spiro atoms. The molecule has 2 heteroatoms. The van der Waals surface area contributed by atoms with Crippen LogP contribution in [-0.2, 0) is 4.74 Å². The number of hydrogen-bond acceptors (Lipinski definition) is 1. The van der Waals surface area contributed by atoms with Gasteiger partial charge in [-0.25, -0.2) is 5.32 Å². The third-order valence-corrected chi connectivity index (χ3v) is 2.58. The third-order valence-electron chi connectivity index (χ3n) is 2.58. The fraction of sp³-hybridized carbons (Fsp3) is 1.00. The second kappa shape index (κ2) is 2.89. The van der Waals surface area contributed by atoms with Crippen molar-refractivity contribution in [1.82, 2.24) is 5.32 Å². The van der Waals surface area contributed by atoms with Gasteiger partial charge in [0.15, 0.2) is 0 Å². The smallest absolute Gasteiger partial charge is 0.0639 e. The highest BCUT2D eigenvalue weighted by Gasteiger charge is 2.29. The lowest BCUT2D eigenvalue weighted by molar-refractivity contribution is 0.0372. The standard InChI is InChI=1S/C8H14NO/c1-2-7(3-1)8-6-10-5-4-9-8/h7-8H,1-6H2. The van der Waals surface area contributed by atoms with E-state index in [1.54, 1.807) is 0 Å². The van der Waals surface area contributed by atoms with Crippen molar-refractivity contribution < 1.29 is 4.74 Å². The summed E-state index contributed by atoms with van der Waals surface area (Å²) in [6.07, 6.45) is 4.19. The Labute approximate surface area is 61.9 Å². The van der Waals surface area contributed by atoms with Crippen molar-refractivity contribution in [2.45, 2.75) is 25.3 Å². The maximum Gasteiger partial charge on any atom is 0.0639 e. The SMILES string of the molecule is C1CC(C2COCC[N]2)C1. The quantitative estimate of drug-likeness (QED) is 0.528. The van der Waals surface area contributed by atoms with Crippen LogP contribution in [0, 0.1) is 5.92 Å². The lowest BCUT2D eigenvalue weighted by Crippen LogP contribution is -2.43. The topological polar surface area (TPSA) is 23.3 Å². The van der Waals surface area contributed by atoms with Crippen molar-refractivity contribution in [3.8, 4) is 0 Å². The highest BCUT2D eigenvalue weighted by atomic mass is 16.5. The second-order valence-electron chi connectivity index (χ2n) is 3.24. The van der Waals surface area contributed by atoms with Crippen LogP contribution in [0.3, 0.4) is 0 Å². The van der Waals surface area contributed by atoms with Crippen molar-refractivity contribution in [3.63, 3.8) is 0 Å². The number of morpholine rings is 1. The summed E-state index contributed by atoms with van der Waals surface area (Å²) in [5, 5.41) is 4.53. The van der Waals surface area contributed by atoms with Crippen LogP contribution in [0.1, 0.15) is 19.3 Å². The van der Waals surface area contributed by atoms with Crippen LogP contribution < -0.4 is 5.32 Å². The summed E-state index contributed by atoms with van der Waals surface area (Å²) >= 11 is 0. The maximum absolute atomic E-state index is 5.35. The number of rotatable bonds is 1. The van der Waals surface area contributed by atoms with Gasteiger partial charge in [-0.1, -0.05) is 6.42 Å². The lowest BCUT2D eigenvalue weighted by atomic mass is 9.80. The minimum Gasteiger partial charge on any atom is -0.378 e. The molecule has 2 rings (SSSR count). The molecular weight excluding hydrogens is 126 g/mol. The Hall–Kier alpha value is -0.0800. The van der Waals surface area contributed by atoms with Crippen molar-refractivity contribution in [2.24, 2.45) is 5.92 Å². The maximum atomic E-state index is 5.35. The average molecular weight is 140 g/mol. The molecule has 57 valence electrons. The zero-order valence-electron chi connectivity index (χ0n) is 6.25. The first kappa shape index (κ1) is 6.62. The molecule has 1 saturated heterocycles. The summed E-state index contributed by atoms with van der Waals surface area (Å²) in [5.74, 6) is 0.875. The van der Waals surface area contributed by atoms with Gasteiger partial charge in [0.25, 0.3) is 0 Å². The van der Waals surface area contributed by atoms with Gasteiger partial charge in [0.2, 0.25) is 0 Å². The molecule has 2 aliphatic rings. The molecule has 2 fully saturated rings. The predicted molar refractivity (Wildman–Crippen MR) is 38.9 cm³/mol. The first-order chi connectivity index (χ1) is 4.97. The summed E-state index contributed by atoms with van der Waals surface area (Å²) in [7, 11) is 0. The molecule has 1 atom stereocenters. The normalized spacial score (nSPS) is 35.4. The summed E-state index contributed by atoms with van der Waals surface area (Å²) in [6.45, 7) is 2.68. The highest BCUT2D eigenvalue weighted by molar-refractivity contribution is 4.83. The largest absolute Gasteiger partial charge is 0.378 e. The van der Waals surface area contributed by atoms with E-state index in [4.69, 9.17) is 4.74 Å². The van der Waals surface area contributed by atoms with Crippen molar-refractivity contribution >= 4 is 0 Å². The highest BCUT2D eigenvalue weighted by Crippen LogP contribution is 2.30. The molecule has 0 bridgehead atoms. The Morgan fingerprint density at radius 1 is 1.30 bits per heavy atom. The van der Waals surface area contributed by atoms with E-state index >= 15 is 0 Å². The Kier molecular flexibility index (Phi) is 1.91. The van der Waals surface area contributed by atoms with Crippen LogP contribution in [-0.4, -0.2) is 25.8 Å². The van der Waals surface area contributed by atoms with E-state index < -0.39 is 0 Å². The summed E-state index contributed by atoms with van der Waals surface area (Å²) < 4.78 is 5.35. The van der Waals surface area contributed by atoms with Gasteiger partial charge in [0.1, 0.15) is 0 Å². The number of ether oxygens (including phenoxy) is 1. The first-order valence-corrected chi connectivity index (χ1v) is 4.21. The van der Waals surface area contributed by atoms with Crippen LogP contribution in [0.2, 0.25) is 0 Å². The molecule has 10 heavy (non-hydrogen) atoms. The summed E-state index contributed by atoms with van der Waals surface area (Å²) in [4.78, 5) is 0. The molecule has 1 aliphatic carbocycles. The zero-order chi connectivity index (χ0) is 6.81. The van der Waals surface area contributed by atoms with E-state index in [2.05, 4.69) is 5.32 Å². The molecular formula is C8H14NO. The zero-order valence-corrected chi connectivity index (χ0v) is 6.25. The minimum atomic E-state index is 0.558. The Balaban J connectivity index is 1.78. The van der Waals surface area contributed by atoms with Crippen molar-refractivity contribution in [3.05, 3.63) is 0 Å². The van der Waals surface area contributed by atoms with Crippen LogP contribution in [0.25, 0.3) is 0 Å². The first-order valence-electron chi connectivity index (χ1n) is 4.21. The van der Waals surface area contributed by atoms with Gasteiger partial charge in [0.05, 0.1) is 19.3 Å². The van der Waals surface area contributed by atoms with Crippen LogP contribution in [0.4, 0.5) is 0 Å². The predicted octanol–water partition coefficient (Wildman–Crippen LogP) is 0.790. The third kappa shape index (κ3) is 1.18. The summed E-state index contributed by atoms with van der Waals surface area (Å²) in [6, 6.07) is 0.558. The van der Waals surface area contributed by atoms with Gasteiger partial charge in [-0.2, -0.15) is 0 Å². The molecule has 0 amide bonds. The number of hydrogen-bond donors (Lipinski definition) is 0. The van der Waals surface area contributed by atoms with Crippen LogP contribution in [0.5, 0.6) is 0 Å². The average Bonchev–Trinajstić information content (AvgIpc) is 1.86. The molecule has 0 aromatic carbocycles. The number of nitrogens with zero attached hydrogens (tertiary/aromatic N) is 1. The fourth-order valence-corrected chi connectivity index (χ4v) is 1.65. The van der Waals surface area contributed by atoms with Gasteiger partial charge in [0, 0.05) is 6.54 Å². The Bertz CT molecular complexity index is 106. The van der Waals surface area contributed by atoms with E-state index in [9.17, 15) is 0 Å². The fourth-order valence-electron chi connectivity index (χ4n) is 1.65. The molecule has 1 heterocycles. The van der Waals surface area contributed by atoms with E-state index in [1.807, 2.05) is 0 Å². The molecule has 2 nitrogen and oxygen atoms in total. The van der Waals surface area contributed by atoms with Gasteiger partial charge in [-0.05, 0) is 18.8 Å². The monoisotopic (exact) mass is 140 g/mol. The minimum absolute atomic E-state index is 0.558. The lowest BCUT2D eigenvalue weighted by Gasteiger charge is -2.35. The van der Waals surface area contributed by atoms with Gasteiger partial charge < -0.3 is 4.74 Å². The van der Waals surface area contributed by atoms with Gasteiger partial charge in [-0.15, -0.1) is 0 Å². The molecule has 0 aromatic heterocycles. The van der Waals surface area contributed by atoms with E-state index in [-0.39, 0.29) is 0 Å². The Morgan fingerprint density at radius 3 is 2.70 bits per heavy atom. The van der Waals surface area contributed by atoms with Crippen molar-refractivity contribution in [2.75, 3.05) is 19.8 Å². The van der Waals surface area contributed by atoms with Gasteiger partial charge >= 0.3 is 0 Å². The Morgan fingerprint density at radius 2 is 2.20 bits per heavy atom. The molecule has 1 aliphatic heterocycles. The van der Waals surface area contributed by atoms with E-state index in [0.29, 0.717) is 6.04 Å². The molecule has 1 radical (unpaired) electrons. The molecule has 0 aromatic rings. The van der Waals surface area contributed by atoms with Crippen molar-refractivity contribution in [1.29, 1.82) is 0 Å². The van der Waals surface area contributed by atoms with E-state index in [1.165, 1.54) is 19.3 Å². The van der Waals surface area contributed by atoms with E-state index in [0.717, 1.165) is 25.7 Å². The molecule has 1 unspecified atom stereocenters.